The first-order valence-corrected chi connectivity index (χ1v) is 5.06. The highest BCUT2D eigenvalue weighted by molar-refractivity contribution is 5.17. The topological polar surface area (TPSA) is 33.1 Å². The normalized spacial score (nSPS) is 27.6. The second-order valence-corrected chi connectivity index (χ2v) is 3.90. The molecule has 1 aliphatic rings. The minimum absolute atomic E-state index is 0.146. The van der Waals surface area contributed by atoms with E-state index >= 15 is 0 Å². The van der Waals surface area contributed by atoms with Gasteiger partial charge in [-0.1, -0.05) is 12.5 Å². The molecule has 0 radical (unpaired) electrons. The summed E-state index contributed by atoms with van der Waals surface area (Å²) in [6.07, 6.45) is 4.63. The van der Waals surface area contributed by atoms with Gasteiger partial charge in [-0.2, -0.15) is 4.39 Å². The number of rotatable bonds is 1. The highest BCUT2D eigenvalue weighted by Crippen LogP contribution is 2.33. The summed E-state index contributed by atoms with van der Waals surface area (Å²) in [6.45, 7) is 0. The van der Waals surface area contributed by atoms with Gasteiger partial charge in [-0.3, -0.25) is 0 Å². The first-order chi connectivity index (χ1) is 6.77. The van der Waals surface area contributed by atoms with Crippen molar-refractivity contribution in [2.24, 2.45) is 0 Å². The van der Waals surface area contributed by atoms with Crippen LogP contribution in [0.2, 0.25) is 0 Å². The van der Waals surface area contributed by atoms with Crippen LogP contribution < -0.4 is 0 Å². The van der Waals surface area contributed by atoms with Crippen molar-refractivity contribution in [2.45, 2.75) is 37.7 Å². The van der Waals surface area contributed by atoms with Gasteiger partial charge in [0.15, 0.2) is 0 Å². The molecule has 0 unspecified atom stereocenters. The summed E-state index contributed by atoms with van der Waals surface area (Å²) in [4.78, 5) is 3.63. The molecule has 1 N–H and O–H groups in total. The molecule has 2 atom stereocenters. The second-order valence-electron chi connectivity index (χ2n) is 3.90. The third-order valence-electron chi connectivity index (χ3n) is 2.87. The molecule has 2 nitrogen and oxygen atoms in total. The van der Waals surface area contributed by atoms with E-state index in [9.17, 15) is 9.50 Å². The molecule has 14 heavy (non-hydrogen) atoms. The molecular formula is C11H14FNO. The van der Waals surface area contributed by atoms with Crippen molar-refractivity contribution in [1.82, 2.24) is 4.98 Å². The zero-order chi connectivity index (χ0) is 9.97. The van der Waals surface area contributed by atoms with E-state index in [4.69, 9.17) is 0 Å². The maximum Gasteiger partial charge on any atom is 0.216 e. The fourth-order valence-corrected chi connectivity index (χ4v) is 2.15. The van der Waals surface area contributed by atoms with E-state index in [1.165, 1.54) is 6.20 Å². The maximum absolute atomic E-state index is 13.3. The van der Waals surface area contributed by atoms with Gasteiger partial charge in [0.2, 0.25) is 5.95 Å². The van der Waals surface area contributed by atoms with Crippen molar-refractivity contribution < 1.29 is 9.50 Å². The molecule has 1 heterocycles. The van der Waals surface area contributed by atoms with Gasteiger partial charge in [0.1, 0.15) is 0 Å². The summed E-state index contributed by atoms with van der Waals surface area (Å²) < 4.78 is 13.3. The molecular weight excluding hydrogens is 181 g/mol. The number of hydrogen-bond donors (Lipinski definition) is 1. The van der Waals surface area contributed by atoms with Crippen LogP contribution >= 0.6 is 0 Å². The predicted molar refractivity (Wildman–Crippen MR) is 51.4 cm³/mol. The van der Waals surface area contributed by atoms with E-state index in [0.717, 1.165) is 19.3 Å². The van der Waals surface area contributed by atoms with Crippen LogP contribution in [0.25, 0.3) is 0 Å². The summed E-state index contributed by atoms with van der Waals surface area (Å²) in [7, 11) is 0. The van der Waals surface area contributed by atoms with Crippen LogP contribution in [0.15, 0.2) is 18.3 Å². The van der Waals surface area contributed by atoms with Crippen molar-refractivity contribution in [3.05, 3.63) is 29.8 Å². The first-order valence-electron chi connectivity index (χ1n) is 5.06. The molecule has 1 saturated carbocycles. The highest BCUT2D eigenvalue weighted by atomic mass is 19.1. The number of aliphatic hydroxyl groups excluding tert-OH is 1. The predicted octanol–water partition coefficient (Wildman–Crippen LogP) is 2.24. The average Bonchev–Trinajstić information content (AvgIpc) is 2.18. The van der Waals surface area contributed by atoms with Gasteiger partial charge >= 0.3 is 0 Å². The van der Waals surface area contributed by atoms with Crippen LogP contribution in [0, 0.1) is 5.95 Å². The Kier molecular flexibility index (Phi) is 2.77. The van der Waals surface area contributed by atoms with Crippen LogP contribution in [-0.2, 0) is 0 Å². The fourth-order valence-electron chi connectivity index (χ4n) is 2.15. The summed E-state index contributed by atoms with van der Waals surface area (Å²) in [5, 5.41) is 9.49. The summed E-state index contributed by atoms with van der Waals surface area (Å²) in [6, 6.07) is 3.52. The average molecular weight is 195 g/mol. The van der Waals surface area contributed by atoms with Gasteiger partial charge in [-0.15, -0.1) is 0 Å². The Morgan fingerprint density at radius 3 is 3.00 bits per heavy atom. The summed E-state index contributed by atoms with van der Waals surface area (Å²) in [5.41, 5.74) is 0.659. The zero-order valence-corrected chi connectivity index (χ0v) is 7.99. The number of halogens is 1. The molecule has 0 aliphatic heterocycles. The Labute approximate surface area is 82.8 Å². The molecule has 76 valence electrons. The Bertz CT molecular complexity index is 316. The number of aliphatic hydroxyl groups is 1. The third kappa shape index (κ3) is 1.93. The zero-order valence-electron chi connectivity index (χ0n) is 7.99. The Morgan fingerprint density at radius 1 is 1.43 bits per heavy atom. The monoisotopic (exact) mass is 195 g/mol. The minimum atomic E-state index is -0.383. The van der Waals surface area contributed by atoms with Crippen LogP contribution in [0.5, 0.6) is 0 Å². The Balaban J connectivity index is 2.18. The molecule has 2 rings (SSSR count). The maximum atomic E-state index is 13.3. The lowest BCUT2D eigenvalue weighted by molar-refractivity contribution is 0.118. The van der Waals surface area contributed by atoms with E-state index in [1.807, 2.05) is 0 Å². The van der Waals surface area contributed by atoms with Gasteiger partial charge in [-0.05, 0) is 31.2 Å². The minimum Gasteiger partial charge on any atom is -0.393 e. The van der Waals surface area contributed by atoms with Gasteiger partial charge in [0.05, 0.1) is 6.10 Å². The van der Waals surface area contributed by atoms with Crippen LogP contribution in [0.1, 0.15) is 37.2 Å². The molecule has 3 heteroatoms. The van der Waals surface area contributed by atoms with E-state index < -0.39 is 0 Å². The number of nitrogens with zero attached hydrogens (tertiary/aromatic N) is 1. The van der Waals surface area contributed by atoms with E-state index in [0.29, 0.717) is 12.0 Å². The lowest BCUT2D eigenvalue weighted by atomic mass is 9.83. The van der Waals surface area contributed by atoms with Gasteiger partial charge in [-0.25, -0.2) is 4.98 Å². The summed E-state index contributed by atoms with van der Waals surface area (Å²) in [5.74, 6) is -0.237. The summed E-state index contributed by atoms with van der Waals surface area (Å²) >= 11 is 0. The Hall–Kier alpha value is -0.960. The highest BCUT2D eigenvalue weighted by Gasteiger charge is 2.23. The van der Waals surface area contributed by atoms with Gasteiger partial charge in [0, 0.05) is 11.8 Å². The van der Waals surface area contributed by atoms with E-state index in [2.05, 4.69) is 4.98 Å². The van der Waals surface area contributed by atoms with Crippen molar-refractivity contribution in [2.75, 3.05) is 0 Å². The van der Waals surface area contributed by atoms with Gasteiger partial charge < -0.3 is 5.11 Å². The van der Waals surface area contributed by atoms with Gasteiger partial charge in [0.25, 0.3) is 0 Å². The molecule has 1 aliphatic carbocycles. The molecule has 0 saturated heterocycles. The van der Waals surface area contributed by atoms with Crippen molar-refractivity contribution in [3.63, 3.8) is 0 Å². The molecule has 0 amide bonds. The smallest absolute Gasteiger partial charge is 0.216 e. The third-order valence-corrected chi connectivity index (χ3v) is 2.87. The molecule has 1 fully saturated rings. The van der Waals surface area contributed by atoms with Crippen molar-refractivity contribution >= 4 is 0 Å². The number of hydrogen-bond acceptors (Lipinski definition) is 2. The second kappa shape index (κ2) is 4.05. The lowest BCUT2D eigenvalue weighted by Crippen LogP contribution is -2.19. The largest absolute Gasteiger partial charge is 0.393 e. The molecule has 1 aromatic rings. The first kappa shape index (κ1) is 9.59. The fraction of sp³-hybridized carbons (Fsp3) is 0.545. The van der Waals surface area contributed by atoms with Crippen LogP contribution in [-0.4, -0.2) is 16.2 Å². The van der Waals surface area contributed by atoms with Crippen molar-refractivity contribution in [3.8, 4) is 0 Å². The molecule has 0 spiro atoms. The number of pyridine rings is 1. The molecule has 1 aromatic heterocycles. The molecule has 0 bridgehead atoms. The van der Waals surface area contributed by atoms with Crippen LogP contribution in [0.4, 0.5) is 4.39 Å². The number of aromatic nitrogens is 1. The quantitative estimate of drug-likeness (QED) is 0.697. The van der Waals surface area contributed by atoms with Crippen molar-refractivity contribution in [1.29, 1.82) is 0 Å². The van der Waals surface area contributed by atoms with Crippen LogP contribution in [0.3, 0.4) is 0 Å². The molecule has 0 aromatic carbocycles. The lowest BCUT2D eigenvalue weighted by Gasteiger charge is -2.25. The van der Waals surface area contributed by atoms with E-state index in [-0.39, 0.29) is 18.0 Å². The SMILES string of the molecule is O[C@H]1CCC[C@@H](c2cccnc2F)C1. The standard InChI is InChI=1S/C11H14FNO/c12-11-10(5-2-6-13-11)8-3-1-4-9(14)7-8/h2,5-6,8-9,14H,1,3-4,7H2/t8-,9+/m1/s1. The Morgan fingerprint density at radius 2 is 2.29 bits per heavy atom. The van der Waals surface area contributed by atoms with E-state index in [1.54, 1.807) is 12.1 Å².